The van der Waals surface area contributed by atoms with Crippen LogP contribution in [0.4, 0.5) is 0 Å². The molecule has 5 heterocycles. The second kappa shape index (κ2) is 13.3. The van der Waals surface area contributed by atoms with Crippen molar-refractivity contribution in [3.8, 4) is 0 Å². The standard InChI is InChI=1S/C36H45Br2N5O/c1-8-27-33-18-30-23(4)26(12-10-14-38)32(41-30)19-31-25(11-9-13-37)22(3)29(40-31)17-28-21(2)15-24(39-28)16-34(42-33)36(27,5)20-35(44)43(6)7/h15-19,27,39,41H,8-14,20H2,1-7H3/t27-,36+/m1/s1. The largest absolute Gasteiger partial charge is 0.355 e. The van der Waals surface area contributed by atoms with E-state index in [2.05, 4.69) is 107 Å². The van der Waals surface area contributed by atoms with Gasteiger partial charge >= 0.3 is 0 Å². The lowest BCUT2D eigenvalue weighted by Gasteiger charge is -2.31. The van der Waals surface area contributed by atoms with Gasteiger partial charge in [0.05, 0.1) is 11.4 Å². The molecular weight excluding hydrogens is 678 g/mol. The minimum atomic E-state index is -0.435. The molecule has 0 unspecified atom stereocenters. The Morgan fingerprint density at radius 3 is 2.30 bits per heavy atom. The molecule has 2 atom stereocenters. The molecule has 2 aliphatic rings. The van der Waals surface area contributed by atoms with E-state index >= 15 is 0 Å². The third-order valence-corrected chi connectivity index (χ3v) is 10.7. The van der Waals surface area contributed by atoms with E-state index in [1.54, 1.807) is 4.90 Å². The van der Waals surface area contributed by atoms with Gasteiger partial charge in [0.25, 0.3) is 0 Å². The third-order valence-electron chi connectivity index (χ3n) is 9.57. The Morgan fingerprint density at radius 1 is 0.909 bits per heavy atom. The SMILES string of the molecule is CC[C@@H]1c2cc3[nH]c(cc4nc(cc5[nH]c(cc(n2)[C@@]1(C)CC(=O)N(C)C)cc5C)C(C)=C4CCCBr)c(CCCBr)c3C. The van der Waals surface area contributed by atoms with E-state index < -0.39 is 5.41 Å². The number of H-pyrrole nitrogens is 2. The molecule has 2 N–H and O–H groups in total. The number of rotatable bonds is 9. The number of nitrogens with zero attached hydrogens (tertiary/aromatic N) is 3. The van der Waals surface area contributed by atoms with Gasteiger partial charge in [0.15, 0.2) is 0 Å². The maximum atomic E-state index is 13.2. The zero-order valence-corrected chi connectivity index (χ0v) is 30.3. The lowest BCUT2D eigenvalue weighted by Crippen LogP contribution is -2.34. The van der Waals surface area contributed by atoms with Crippen LogP contribution in [0.15, 0.2) is 30.3 Å². The lowest BCUT2D eigenvalue weighted by molar-refractivity contribution is -0.130. The molecule has 3 aromatic rings. The minimum Gasteiger partial charge on any atom is -0.355 e. The molecule has 0 spiro atoms. The number of aryl methyl sites for hydroxylation is 3. The summed E-state index contributed by atoms with van der Waals surface area (Å²) in [5.41, 5.74) is 14.1. The predicted molar refractivity (Wildman–Crippen MR) is 192 cm³/mol. The number of nitrogens with one attached hydrogen (secondary N) is 2. The average Bonchev–Trinajstić information content (AvgIpc) is 3.64. The fourth-order valence-electron chi connectivity index (χ4n) is 6.88. The number of carbonyl (C=O) groups excluding carboxylic acids is 1. The highest BCUT2D eigenvalue weighted by molar-refractivity contribution is 9.09. The summed E-state index contributed by atoms with van der Waals surface area (Å²) in [5.74, 6) is 0.221. The molecule has 0 aliphatic carbocycles. The molecule has 0 aromatic carbocycles. The first-order valence-electron chi connectivity index (χ1n) is 15.7. The highest BCUT2D eigenvalue weighted by Gasteiger charge is 2.44. The summed E-state index contributed by atoms with van der Waals surface area (Å²) in [7, 11) is 3.67. The van der Waals surface area contributed by atoms with Crippen molar-refractivity contribution < 1.29 is 4.79 Å². The molecule has 0 fully saturated rings. The van der Waals surface area contributed by atoms with Crippen LogP contribution in [-0.2, 0) is 16.6 Å². The van der Waals surface area contributed by atoms with E-state index in [9.17, 15) is 4.79 Å². The third kappa shape index (κ3) is 6.21. The minimum absolute atomic E-state index is 0.105. The van der Waals surface area contributed by atoms with Gasteiger partial charge in [-0.15, -0.1) is 0 Å². The van der Waals surface area contributed by atoms with Gasteiger partial charge in [-0.1, -0.05) is 45.7 Å². The summed E-state index contributed by atoms with van der Waals surface area (Å²) in [4.78, 5) is 32.9. The normalized spacial score (nSPS) is 18.2. The van der Waals surface area contributed by atoms with Crippen molar-refractivity contribution in [3.63, 3.8) is 0 Å². The van der Waals surface area contributed by atoms with Crippen molar-refractivity contribution in [1.82, 2.24) is 24.8 Å². The van der Waals surface area contributed by atoms with Crippen LogP contribution in [0.25, 0.3) is 33.2 Å². The molecule has 1 amide bonds. The molecule has 6 nitrogen and oxygen atoms in total. The highest BCUT2D eigenvalue weighted by atomic mass is 79.9. The fourth-order valence-corrected chi connectivity index (χ4v) is 7.44. The van der Waals surface area contributed by atoms with E-state index in [-0.39, 0.29) is 11.8 Å². The van der Waals surface area contributed by atoms with Crippen molar-refractivity contribution in [3.05, 3.63) is 69.8 Å². The molecule has 2 aliphatic heterocycles. The van der Waals surface area contributed by atoms with Gasteiger partial charge < -0.3 is 14.9 Å². The number of hydrogen-bond acceptors (Lipinski definition) is 3. The van der Waals surface area contributed by atoms with Crippen molar-refractivity contribution in [2.24, 2.45) is 0 Å². The number of carbonyl (C=O) groups is 1. The van der Waals surface area contributed by atoms with Crippen molar-refractivity contribution in [2.45, 2.75) is 84.5 Å². The number of hydrogen-bond donors (Lipinski definition) is 2. The highest BCUT2D eigenvalue weighted by Crippen LogP contribution is 2.47. The van der Waals surface area contributed by atoms with E-state index in [1.165, 1.54) is 22.3 Å². The average molecular weight is 724 g/mol. The van der Waals surface area contributed by atoms with E-state index in [4.69, 9.17) is 9.97 Å². The van der Waals surface area contributed by atoms with Gasteiger partial charge in [0, 0.05) is 76.0 Å². The molecule has 0 radical (unpaired) electrons. The van der Waals surface area contributed by atoms with Crippen LogP contribution in [-0.4, -0.2) is 55.5 Å². The van der Waals surface area contributed by atoms with Crippen LogP contribution in [0.1, 0.15) is 98.3 Å². The van der Waals surface area contributed by atoms with Gasteiger partial charge in [-0.05, 0) is 111 Å². The Bertz CT molecular complexity index is 1770. The summed E-state index contributed by atoms with van der Waals surface area (Å²) in [6, 6.07) is 11.0. The summed E-state index contributed by atoms with van der Waals surface area (Å²) in [6.07, 6.45) is 5.33. The van der Waals surface area contributed by atoms with E-state index in [0.717, 1.165) is 93.2 Å². The monoisotopic (exact) mass is 721 g/mol. The smallest absolute Gasteiger partial charge is 0.223 e. The quantitative estimate of drug-likeness (QED) is 0.216. The molecule has 8 bridgehead atoms. The van der Waals surface area contributed by atoms with Crippen LogP contribution >= 0.6 is 31.9 Å². The maximum absolute atomic E-state index is 13.2. The molecule has 44 heavy (non-hydrogen) atoms. The van der Waals surface area contributed by atoms with E-state index in [1.807, 2.05) is 14.1 Å². The second-order valence-electron chi connectivity index (χ2n) is 12.8. The number of allylic oxidation sites excluding steroid dienone is 2. The number of alkyl halides is 2. The maximum Gasteiger partial charge on any atom is 0.223 e. The Kier molecular flexibility index (Phi) is 9.90. The lowest BCUT2D eigenvalue weighted by atomic mass is 9.71. The number of halogens is 2. The van der Waals surface area contributed by atoms with Crippen LogP contribution < -0.4 is 0 Å². The summed E-state index contributed by atoms with van der Waals surface area (Å²) in [5, 5.41) is 1.91. The zero-order chi connectivity index (χ0) is 31.8. The van der Waals surface area contributed by atoms with Gasteiger partial charge in [-0.3, -0.25) is 9.78 Å². The number of aromatic amines is 2. The number of amides is 1. The van der Waals surface area contributed by atoms with Crippen molar-refractivity contribution in [2.75, 3.05) is 24.8 Å². The van der Waals surface area contributed by atoms with Gasteiger partial charge in [-0.25, -0.2) is 4.98 Å². The number of aromatic nitrogens is 4. The van der Waals surface area contributed by atoms with E-state index in [0.29, 0.717) is 6.42 Å². The molecule has 0 saturated carbocycles. The molecule has 0 saturated heterocycles. The summed E-state index contributed by atoms with van der Waals surface area (Å²) >= 11 is 7.29. The van der Waals surface area contributed by atoms with Gasteiger partial charge in [0.2, 0.25) is 5.91 Å². The van der Waals surface area contributed by atoms with Crippen LogP contribution in [0, 0.1) is 13.8 Å². The summed E-state index contributed by atoms with van der Waals surface area (Å²) in [6.45, 7) is 11.0. The zero-order valence-electron chi connectivity index (χ0n) is 27.1. The Hall–Kier alpha value is -2.71. The molecule has 3 aromatic heterocycles. The molecule has 234 valence electrons. The first kappa shape index (κ1) is 32.7. The van der Waals surface area contributed by atoms with Gasteiger partial charge in [0.1, 0.15) is 0 Å². The molecular formula is C36H45Br2N5O. The van der Waals surface area contributed by atoms with Crippen molar-refractivity contribution >= 4 is 71.0 Å². The Labute approximate surface area is 278 Å². The fraction of sp³-hybridized carbons (Fsp3) is 0.472. The second-order valence-corrected chi connectivity index (χ2v) is 14.4. The van der Waals surface area contributed by atoms with Crippen LogP contribution in [0.2, 0.25) is 0 Å². The Morgan fingerprint density at radius 2 is 1.61 bits per heavy atom. The first-order chi connectivity index (χ1) is 21.0. The summed E-state index contributed by atoms with van der Waals surface area (Å²) < 4.78 is 0. The first-order valence-corrected chi connectivity index (χ1v) is 18.0. The van der Waals surface area contributed by atoms with Gasteiger partial charge in [-0.2, -0.15) is 0 Å². The Balaban J connectivity index is 1.89. The van der Waals surface area contributed by atoms with Crippen molar-refractivity contribution in [1.29, 1.82) is 0 Å². The molecule has 8 heteroatoms. The topological polar surface area (TPSA) is 77.7 Å². The van der Waals surface area contributed by atoms with Crippen LogP contribution in [0.5, 0.6) is 0 Å². The number of fused-ring (bicyclic) bond motifs is 8. The predicted octanol–water partition coefficient (Wildman–Crippen LogP) is 9.29. The molecule has 5 rings (SSSR count). The van der Waals surface area contributed by atoms with Crippen LogP contribution in [0.3, 0.4) is 0 Å².